The van der Waals surface area contributed by atoms with Gasteiger partial charge < -0.3 is 10.1 Å². The lowest BCUT2D eigenvalue weighted by Gasteiger charge is -2.36. The van der Waals surface area contributed by atoms with Crippen LogP contribution in [-0.2, 0) is 11.8 Å². The number of methoxy groups -OCH3 is 1. The minimum absolute atomic E-state index is 0.0406. The van der Waals surface area contributed by atoms with Crippen LogP contribution in [-0.4, -0.2) is 57.3 Å². The third-order valence-electron chi connectivity index (χ3n) is 5.94. The first-order valence-electron chi connectivity index (χ1n) is 10.5. The second-order valence-electron chi connectivity index (χ2n) is 8.00. The van der Waals surface area contributed by atoms with E-state index in [1.165, 1.54) is 0 Å². The van der Waals surface area contributed by atoms with Crippen LogP contribution in [0.2, 0.25) is 0 Å². The number of hydrogen-bond acceptors (Lipinski definition) is 6. The zero-order valence-electron chi connectivity index (χ0n) is 18.2. The molecule has 8 heteroatoms. The van der Waals surface area contributed by atoms with E-state index in [-0.39, 0.29) is 11.9 Å². The lowest BCUT2D eigenvalue weighted by atomic mass is 10.0. The molecule has 32 heavy (non-hydrogen) atoms. The molecule has 2 aromatic heterocycles. The van der Waals surface area contributed by atoms with E-state index in [0.29, 0.717) is 11.4 Å². The first-order valence-corrected chi connectivity index (χ1v) is 10.5. The fourth-order valence-corrected chi connectivity index (χ4v) is 4.10. The van der Waals surface area contributed by atoms with Gasteiger partial charge in [0.25, 0.3) is 0 Å². The molecule has 1 aliphatic heterocycles. The van der Waals surface area contributed by atoms with Gasteiger partial charge in [-0.15, -0.1) is 0 Å². The SMILES string of the molecule is COc1cc2ncnc(-c3cn(C)nc3-c3ccccc3)c2cc1NC(=O)[C@H]1CCN1C. The van der Waals surface area contributed by atoms with E-state index < -0.39 is 0 Å². The Morgan fingerprint density at radius 1 is 1.12 bits per heavy atom. The van der Waals surface area contributed by atoms with Crippen LogP contribution in [0, 0.1) is 0 Å². The molecule has 1 fully saturated rings. The van der Waals surface area contributed by atoms with Gasteiger partial charge in [-0.05, 0) is 19.5 Å². The van der Waals surface area contributed by atoms with Crippen molar-refractivity contribution in [1.29, 1.82) is 0 Å². The Labute approximate surface area is 185 Å². The molecule has 0 bridgehead atoms. The third kappa shape index (κ3) is 3.48. The minimum atomic E-state index is -0.120. The predicted molar refractivity (Wildman–Crippen MR) is 123 cm³/mol. The summed E-state index contributed by atoms with van der Waals surface area (Å²) in [6.45, 7) is 0.925. The minimum Gasteiger partial charge on any atom is -0.494 e. The summed E-state index contributed by atoms with van der Waals surface area (Å²) < 4.78 is 7.33. The molecule has 1 N–H and O–H groups in total. The van der Waals surface area contributed by atoms with Gasteiger partial charge in [-0.1, -0.05) is 30.3 Å². The zero-order valence-corrected chi connectivity index (χ0v) is 18.2. The number of amides is 1. The molecule has 5 rings (SSSR count). The average molecular weight is 428 g/mol. The number of nitrogens with one attached hydrogen (secondary N) is 1. The van der Waals surface area contributed by atoms with Gasteiger partial charge in [0.05, 0.1) is 30.0 Å². The molecular weight excluding hydrogens is 404 g/mol. The van der Waals surface area contributed by atoms with Crippen LogP contribution in [0.5, 0.6) is 5.75 Å². The summed E-state index contributed by atoms with van der Waals surface area (Å²) in [7, 11) is 5.43. The number of nitrogens with zero attached hydrogens (tertiary/aromatic N) is 5. The fourth-order valence-electron chi connectivity index (χ4n) is 4.10. The van der Waals surface area contributed by atoms with Gasteiger partial charge >= 0.3 is 0 Å². The second kappa shape index (κ2) is 8.05. The summed E-state index contributed by atoms with van der Waals surface area (Å²) in [5.41, 5.74) is 4.82. The predicted octanol–water partition coefficient (Wildman–Crippen LogP) is 3.35. The lowest BCUT2D eigenvalue weighted by Crippen LogP contribution is -2.51. The van der Waals surface area contributed by atoms with Crippen LogP contribution in [0.4, 0.5) is 5.69 Å². The molecule has 0 radical (unpaired) electrons. The first-order chi connectivity index (χ1) is 15.5. The van der Waals surface area contributed by atoms with E-state index in [9.17, 15) is 4.79 Å². The number of carbonyl (C=O) groups excluding carboxylic acids is 1. The molecule has 2 aromatic carbocycles. The van der Waals surface area contributed by atoms with Crippen molar-refractivity contribution in [3.05, 3.63) is 55.0 Å². The number of hydrogen-bond donors (Lipinski definition) is 1. The molecule has 1 aliphatic rings. The van der Waals surface area contributed by atoms with Crippen molar-refractivity contribution in [3.63, 3.8) is 0 Å². The Bertz CT molecular complexity index is 1300. The summed E-state index contributed by atoms with van der Waals surface area (Å²) in [6.07, 6.45) is 4.35. The third-order valence-corrected chi connectivity index (χ3v) is 5.94. The monoisotopic (exact) mass is 428 g/mol. The topological polar surface area (TPSA) is 85.2 Å². The summed E-state index contributed by atoms with van der Waals surface area (Å²) >= 11 is 0. The number of anilines is 1. The maximum atomic E-state index is 12.8. The molecule has 1 saturated heterocycles. The van der Waals surface area contributed by atoms with E-state index in [4.69, 9.17) is 4.74 Å². The molecule has 3 heterocycles. The second-order valence-corrected chi connectivity index (χ2v) is 8.00. The molecule has 0 aliphatic carbocycles. The van der Waals surface area contributed by atoms with Crippen LogP contribution in [0.15, 0.2) is 55.0 Å². The van der Waals surface area contributed by atoms with Gasteiger partial charge in [0.1, 0.15) is 17.8 Å². The van der Waals surface area contributed by atoms with Crippen LogP contribution < -0.4 is 10.1 Å². The van der Waals surface area contributed by atoms with Crippen molar-refractivity contribution in [2.24, 2.45) is 7.05 Å². The summed E-state index contributed by atoms with van der Waals surface area (Å²) in [4.78, 5) is 23.8. The highest BCUT2D eigenvalue weighted by Gasteiger charge is 2.31. The fraction of sp³-hybridized carbons (Fsp3) is 0.250. The molecule has 0 spiro atoms. The summed E-state index contributed by atoms with van der Waals surface area (Å²) in [5.74, 6) is 0.521. The molecule has 0 saturated carbocycles. The first kappa shape index (κ1) is 20.1. The van der Waals surface area contributed by atoms with Crippen molar-refractivity contribution < 1.29 is 9.53 Å². The van der Waals surface area contributed by atoms with Crippen molar-refractivity contribution >= 4 is 22.5 Å². The van der Waals surface area contributed by atoms with Gasteiger partial charge in [-0.25, -0.2) is 9.97 Å². The van der Waals surface area contributed by atoms with E-state index in [1.54, 1.807) is 18.1 Å². The molecule has 1 atom stereocenters. The van der Waals surface area contributed by atoms with Crippen molar-refractivity contribution in [2.45, 2.75) is 12.5 Å². The number of aryl methyl sites for hydroxylation is 1. The maximum absolute atomic E-state index is 12.8. The Kier molecular flexibility index (Phi) is 5.07. The lowest BCUT2D eigenvalue weighted by molar-refractivity contribution is -0.124. The Morgan fingerprint density at radius 3 is 2.62 bits per heavy atom. The van der Waals surface area contributed by atoms with Crippen molar-refractivity contribution in [2.75, 3.05) is 26.0 Å². The number of ether oxygens (including phenoxy) is 1. The maximum Gasteiger partial charge on any atom is 0.241 e. The standard InChI is InChI=1S/C24H24N6O2/c1-29-10-9-20(29)24(31)27-19-11-16-18(12-21(19)32-3)25-14-26-23(16)17-13-30(2)28-22(17)15-7-5-4-6-8-15/h4-8,11-14,20H,9-10H2,1-3H3,(H,27,31)/t20-/m1/s1. The zero-order chi connectivity index (χ0) is 22.2. The molecule has 0 unspecified atom stereocenters. The number of rotatable bonds is 5. The average Bonchev–Trinajstić information content (AvgIpc) is 3.19. The number of likely N-dealkylation sites (tertiary alicyclic amines) is 1. The van der Waals surface area contributed by atoms with Gasteiger partial charge in [-0.2, -0.15) is 5.10 Å². The number of carbonyl (C=O) groups is 1. The van der Waals surface area contributed by atoms with Gasteiger partial charge in [0.2, 0.25) is 5.91 Å². The van der Waals surface area contributed by atoms with Crippen LogP contribution in [0.3, 0.4) is 0 Å². The van der Waals surface area contributed by atoms with Crippen LogP contribution in [0.25, 0.3) is 33.4 Å². The Morgan fingerprint density at radius 2 is 1.94 bits per heavy atom. The molecule has 8 nitrogen and oxygen atoms in total. The number of fused-ring (bicyclic) bond motifs is 1. The quantitative estimate of drug-likeness (QED) is 0.525. The van der Waals surface area contributed by atoms with Gasteiger partial charge in [0, 0.05) is 42.4 Å². The van der Waals surface area contributed by atoms with E-state index in [2.05, 4.69) is 20.4 Å². The van der Waals surface area contributed by atoms with Gasteiger partial charge in [0.15, 0.2) is 0 Å². The van der Waals surface area contributed by atoms with E-state index >= 15 is 0 Å². The molecule has 1 amide bonds. The highest BCUT2D eigenvalue weighted by atomic mass is 16.5. The highest BCUT2D eigenvalue weighted by Crippen LogP contribution is 2.37. The van der Waals surface area contributed by atoms with Gasteiger partial charge in [-0.3, -0.25) is 14.4 Å². The number of benzene rings is 2. The summed E-state index contributed by atoms with van der Waals surface area (Å²) in [6, 6.07) is 13.6. The van der Waals surface area contributed by atoms with Crippen molar-refractivity contribution in [1.82, 2.24) is 24.6 Å². The number of aromatic nitrogens is 4. The smallest absolute Gasteiger partial charge is 0.241 e. The molecule has 162 valence electrons. The normalized spacial score (nSPS) is 16.0. The number of likely N-dealkylation sites (N-methyl/N-ethyl adjacent to an activating group) is 1. The molecule has 4 aromatic rings. The Balaban J connectivity index is 1.63. The van der Waals surface area contributed by atoms with E-state index in [0.717, 1.165) is 46.4 Å². The highest BCUT2D eigenvalue weighted by molar-refractivity contribution is 6.02. The van der Waals surface area contributed by atoms with Crippen molar-refractivity contribution in [3.8, 4) is 28.3 Å². The van der Waals surface area contributed by atoms with E-state index in [1.807, 2.05) is 67.7 Å². The molecular formula is C24H24N6O2. The summed E-state index contributed by atoms with van der Waals surface area (Å²) in [5, 5.41) is 8.52. The Hall–Kier alpha value is -3.78. The van der Waals surface area contributed by atoms with Crippen LogP contribution >= 0.6 is 0 Å². The largest absolute Gasteiger partial charge is 0.494 e. The van der Waals surface area contributed by atoms with Crippen LogP contribution in [0.1, 0.15) is 6.42 Å².